The van der Waals surface area contributed by atoms with Gasteiger partial charge in [-0.05, 0) is 12.2 Å². The molecule has 1 unspecified atom stereocenters. The Morgan fingerprint density at radius 3 is 2.69 bits per heavy atom. The molecule has 1 atom stereocenters. The van der Waals surface area contributed by atoms with Crippen LogP contribution in [-0.2, 0) is 14.2 Å². The number of methoxy groups -OCH3 is 1. The van der Waals surface area contributed by atoms with E-state index >= 15 is 0 Å². The minimum absolute atomic E-state index is 0.0540. The van der Waals surface area contributed by atoms with Crippen LogP contribution in [0.4, 0.5) is 0 Å². The predicted molar refractivity (Wildman–Crippen MR) is 50.1 cm³/mol. The number of hydrogen-bond acceptors (Lipinski definition) is 3. The molecule has 0 aliphatic carbocycles. The van der Waals surface area contributed by atoms with Crippen LogP contribution in [0.3, 0.4) is 0 Å². The smallest absolute Gasteiger partial charge is 0.161 e. The lowest BCUT2D eigenvalue weighted by atomic mass is 10.3. The highest BCUT2D eigenvalue weighted by Crippen LogP contribution is 2.19. The highest BCUT2D eigenvalue weighted by Gasteiger charge is 2.19. The molecule has 72 valence electrons. The summed E-state index contributed by atoms with van der Waals surface area (Å²) in [5.41, 5.74) is 0. The van der Waals surface area contributed by atoms with Gasteiger partial charge in [-0.25, -0.2) is 0 Å². The van der Waals surface area contributed by atoms with Crippen LogP contribution in [0.1, 0.15) is 0 Å². The van der Waals surface area contributed by atoms with Gasteiger partial charge in [-0.3, -0.25) is 0 Å². The Labute approximate surface area is 78.3 Å². The van der Waals surface area contributed by atoms with E-state index in [0.29, 0.717) is 24.7 Å². The van der Waals surface area contributed by atoms with Crippen LogP contribution in [-0.4, -0.2) is 26.4 Å². The van der Waals surface area contributed by atoms with Crippen molar-refractivity contribution in [2.75, 3.05) is 20.3 Å². The zero-order valence-corrected chi connectivity index (χ0v) is 7.79. The van der Waals surface area contributed by atoms with E-state index in [9.17, 15) is 0 Å². The minimum atomic E-state index is -0.0540. The van der Waals surface area contributed by atoms with Crippen LogP contribution in [0.15, 0.2) is 36.8 Å². The molecule has 0 amide bonds. The molecule has 0 N–H and O–H groups in total. The molecule has 1 aliphatic heterocycles. The van der Waals surface area contributed by atoms with Crippen LogP contribution in [0.2, 0.25) is 0 Å². The summed E-state index contributed by atoms with van der Waals surface area (Å²) < 4.78 is 15.9. The summed E-state index contributed by atoms with van der Waals surface area (Å²) in [5.74, 6) is 1.27. The van der Waals surface area contributed by atoms with E-state index in [4.69, 9.17) is 14.2 Å². The number of rotatable bonds is 4. The van der Waals surface area contributed by atoms with Crippen molar-refractivity contribution in [3.63, 3.8) is 0 Å². The highest BCUT2D eigenvalue weighted by molar-refractivity contribution is 5.23. The minimum Gasteiger partial charge on any atom is -0.486 e. The molecule has 3 nitrogen and oxygen atoms in total. The molecule has 0 fully saturated rings. The first kappa shape index (κ1) is 9.86. The topological polar surface area (TPSA) is 27.7 Å². The summed E-state index contributed by atoms with van der Waals surface area (Å²) in [6, 6.07) is 0. The predicted octanol–water partition coefficient (Wildman–Crippen LogP) is 1.63. The van der Waals surface area contributed by atoms with E-state index in [-0.39, 0.29) is 6.10 Å². The van der Waals surface area contributed by atoms with Crippen LogP contribution in [0.5, 0.6) is 0 Å². The lowest BCUT2D eigenvalue weighted by molar-refractivity contribution is -0.0318. The maximum absolute atomic E-state index is 5.52. The van der Waals surface area contributed by atoms with Gasteiger partial charge in [-0.2, -0.15) is 0 Å². The summed E-state index contributed by atoms with van der Waals surface area (Å²) in [4.78, 5) is 0. The molecule has 0 bridgehead atoms. The van der Waals surface area contributed by atoms with E-state index in [1.54, 1.807) is 19.3 Å². The Morgan fingerprint density at radius 2 is 2.15 bits per heavy atom. The molecule has 3 heteroatoms. The Morgan fingerprint density at radius 1 is 1.46 bits per heavy atom. The Hall–Kier alpha value is -1.22. The second-order valence-corrected chi connectivity index (χ2v) is 2.64. The summed E-state index contributed by atoms with van der Waals surface area (Å²) in [7, 11) is 1.63. The maximum Gasteiger partial charge on any atom is 0.161 e. The molecule has 1 heterocycles. The van der Waals surface area contributed by atoms with Gasteiger partial charge in [-0.15, -0.1) is 0 Å². The molecule has 0 aromatic carbocycles. The van der Waals surface area contributed by atoms with Crippen LogP contribution in [0.25, 0.3) is 0 Å². The zero-order valence-electron chi connectivity index (χ0n) is 7.79. The second kappa shape index (κ2) is 4.72. The van der Waals surface area contributed by atoms with Crippen LogP contribution < -0.4 is 0 Å². The normalized spacial score (nSPS) is 21.8. The van der Waals surface area contributed by atoms with Crippen molar-refractivity contribution < 1.29 is 14.2 Å². The van der Waals surface area contributed by atoms with Crippen molar-refractivity contribution >= 4 is 0 Å². The summed E-state index contributed by atoms with van der Waals surface area (Å²) >= 11 is 0. The van der Waals surface area contributed by atoms with E-state index < -0.39 is 0 Å². The quantitative estimate of drug-likeness (QED) is 0.661. The van der Waals surface area contributed by atoms with Crippen molar-refractivity contribution in [1.29, 1.82) is 0 Å². The van der Waals surface area contributed by atoms with Gasteiger partial charge in [0.2, 0.25) is 0 Å². The number of allylic oxidation sites excluding steroid dienone is 2. The Bertz CT molecular complexity index is 230. The number of ether oxygens (including phenoxy) is 3. The molecule has 0 radical (unpaired) electrons. The third-order valence-corrected chi connectivity index (χ3v) is 1.68. The van der Waals surface area contributed by atoms with E-state index in [1.165, 1.54) is 0 Å². The van der Waals surface area contributed by atoms with Gasteiger partial charge in [0.05, 0.1) is 6.61 Å². The molecular formula is C10H14O3. The van der Waals surface area contributed by atoms with Crippen molar-refractivity contribution in [3.8, 4) is 0 Å². The zero-order chi connectivity index (χ0) is 9.68. The van der Waals surface area contributed by atoms with Crippen LogP contribution >= 0.6 is 0 Å². The van der Waals surface area contributed by atoms with Crippen molar-refractivity contribution in [2.24, 2.45) is 0 Å². The molecule has 1 rings (SSSR count). The molecule has 0 aromatic heterocycles. The van der Waals surface area contributed by atoms with Crippen molar-refractivity contribution in [3.05, 3.63) is 36.8 Å². The molecule has 0 spiro atoms. The molecule has 13 heavy (non-hydrogen) atoms. The Balaban J connectivity index is 2.66. The first-order chi connectivity index (χ1) is 6.31. The molecule has 0 aromatic rings. The lowest BCUT2D eigenvalue weighted by Gasteiger charge is -2.25. The summed E-state index contributed by atoms with van der Waals surface area (Å²) in [5, 5.41) is 0. The molecule has 1 aliphatic rings. The monoisotopic (exact) mass is 182 g/mol. The first-order valence-corrected chi connectivity index (χ1v) is 4.09. The third-order valence-electron chi connectivity index (χ3n) is 1.68. The third kappa shape index (κ3) is 2.36. The largest absolute Gasteiger partial charge is 0.486 e. The van der Waals surface area contributed by atoms with Crippen LogP contribution in [0, 0.1) is 0 Å². The van der Waals surface area contributed by atoms with E-state index in [2.05, 4.69) is 13.2 Å². The molecular weight excluding hydrogens is 168 g/mol. The van der Waals surface area contributed by atoms with Crippen molar-refractivity contribution in [2.45, 2.75) is 6.10 Å². The standard InChI is InChI=1S/C10H14O3/c1-4-9-10(5-2)13-8(6-11-3)7-12-9/h4-5,8H,1-2,6-7H2,3H3. The van der Waals surface area contributed by atoms with Gasteiger partial charge in [0.1, 0.15) is 6.61 Å². The van der Waals surface area contributed by atoms with Gasteiger partial charge < -0.3 is 14.2 Å². The molecule has 0 saturated carbocycles. The van der Waals surface area contributed by atoms with Gasteiger partial charge in [0.25, 0.3) is 0 Å². The highest BCUT2D eigenvalue weighted by atomic mass is 16.6. The summed E-state index contributed by atoms with van der Waals surface area (Å²) in [6.45, 7) is 8.25. The maximum atomic E-state index is 5.52. The van der Waals surface area contributed by atoms with E-state index in [0.717, 1.165) is 0 Å². The fourth-order valence-corrected chi connectivity index (χ4v) is 1.10. The van der Waals surface area contributed by atoms with Crippen molar-refractivity contribution in [1.82, 2.24) is 0 Å². The first-order valence-electron chi connectivity index (χ1n) is 4.09. The SMILES string of the molecule is C=CC1=C(C=C)OC(COC)CO1. The Kier molecular flexibility index (Phi) is 3.58. The summed E-state index contributed by atoms with van der Waals surface area (Å²) in [6.07, 6.45) is 3.17. The van der Waals surface area contributed by atoms with E-state index in [1.807, 2.05) is 0 Å². The average molecular weight is 182 g/mol. The second-order valence-electron chi connectivity index (χ2n) is 2.64. The number of hydrogen-bond donors (Lipinski definition) is 0. The lowest BCUT2D eigenvalue weighted by Crippen LogP contribution is -2.28. The fourth-order valence-electron chi connectivity index (χ4n) is 1.10. The van der Waals surface area contributed by atoms with Gasteiger partial charge in [0, 0.05) is 7.11 Å². The van der Waals surface area contributed by atoms with Gasteiger partial charge in [-0.1, -0.05) is 13.2 Å². The average Bonchev–Trinajstić information content (AvgIpc) is 2.18. The fraction of sp³-hybridized carbons (Fsp3) is 0.400. The molecule has 0 saturated heterocycles. The van der Waals surface area contributed by atoms with Gasteiger partial charge >= 0.3 is 0 Å². The van der Waals surface area contributed by atoms with Gasteiger partial charge in [0.15, 0.2) is 17.6 Å².